The van der Waals surface area contributed by atoms with Gasteiger partial charge >= 0.3 is 440 Å². The molecule has 2 heteroatoms. The van der Waals surface area contributed by atoms with Crippen molar-refractivity contribution < 1.29 is 21.8 Å². The molecular weight excluding hydrogens is 960 g/mol. The van der Waals surface area contributed by atoms with Gasteiger partial charge in [-0.1, -0.05) is 0 Å². The molecule has 72 heavy (non-hydrogen) atoms. The number of benzene rings is 10. The topological polar surface area (TPSA) is 0 Å². The van der Waals surface area contributed by atoms with E-state index in [-0.39, 0.29) is 0 Å². The van der Waals surface area contributed by atoms with Gasteiger partial charge in [-0.15, -0.1) is 0 Å². The summed E-state index contributed by atoms with van der Waals surface area (Å²) in [6.45, 7) is 9.77. The molecule has 1 aliphatic heterocycles. The molecule has 0 N–H and O–H groups in total. The van der Waals surface area contributed by atoms with Crippen molar-refractivity contribution in [2.75, 3.05) is 0 Å². The first kappa shape index (κ1) is 45.2. The molecule has 0 bridgehead atoms. The molecule has 0 saturated heterocycles. The van der Waals surface area contributed by atoms with Crippen LogP contribution in [0.5, 0.6) is 0 Å². The van der Waals surface area contributed by atoms with Crippen LogP contribution in [0.3, 0.4) is 0 Å². The minimum absolute atomic E-state index is 0.386. The Kier molecular flexibility index (Phi) is 11.8. The Labute approximate surface area is 436 Å². The molecule has 2 aliphatic carbocycles. The van der Waals surface area contributed by atoms with Gasteiger partial charge in [0.15, 0.2) is 0 Å². The van der Waals surface area contributed by atoms with E-state index in [0.29, 0.717) is 19.1 Å². The second kappa shape index (κ2) is 18.7. The van der Waals surface area contributed by atoms with E-state index in [1.54, 1.807) is 35.9 Å². The fourth-order valence-electron chi connectivity index (χ4n) is 13.2. The molecule has 1 heterocycles. The van der Waals surface area contributed by atoms with Crippen LogP contribution in [0.15, 0.2) is 223 Å². The summed E-state index contributed by atoms with van der Waals surface area (Å²) in [6, 6.07) is 81.5. The van der Waals surface area contributed by atoms with Crippen molar-refractivity contribution in [3.8, 4) is 55.6 Å². The predicted octanol–water partition coefficient (Wildman–Crippen LogP) is 16.4. The van der Waals surface area contributed by atoms with E-state index in [1.807, 2.05) is 0 Å². The molecule has 0 radical (unpaired) electrons. The van der Waals surface area contributed by atoms with E-state index in [4.69, 9.17) is 0 Å². The summed E-state index contributed by atoms with van der Waals surface area (Å²) in [7, 11) is -0.709. The van der Waals surface area contributed by atoms with Gasteiger partial charge in [0.05, 0.1) is 0 Å². The van der Waals surface area contributed by atoms with Crippen molar-refractivity contribution in [3.05, 3.63) is 246 Å². The molecule has 13 rings (SSSR count). The number of allylic oxidation sites excluding steroid dienone is 2. The van der Waals surface area contributed by atoms with Crippen LogP contribution in [-0.2, 0) is 21.8 Å². The number of hydrogen-bond acceptors (Lipinski definition) is 0. The van der Waals surface area contributed by atoms with E-state index in [9.17, 15) is 0 Å². The first-order valence-electron chi connectivity index (χ1n) is 26.3. The van der Waals surface area contributed by atoms with Crippen LogP contribution in [0.2, 0.25) is 0 Å². The van der Waals surface area contributed by atoms with Gasteiger partial charge in [-0.3, -0.25) is 0 Å². The van der Waals surface area contributed by atoms with Gasteiger partial charge < -0.3 is 0 Å². The van der Waals surface area contributed by atoms with Crippen LogP contribution in [0.4, 0.5) is 0 Å². The second-order valence-electron chi connectivity index (χ2n) is 21.4. The normalized spacial score (nSPS) is 15.8. The van der Waals surface area contributed by atoms with Gasteiger partial charge in [0.1, 0.15) is 0 Å². The van der Waals surface area contributed by atoms with Crippen LogP contribution < -0.4 is 13.6 Å². The summed E-state index contributed by atoms with van der Waals surface area (Å²) in [6.07, 6.45) is 7.62. The van der Waals surface area contributed by atoms with Crippen molar-refractivity contribution in [2.45, 2.75) is 47.8 Å². The van der Waals surface area contributed by atoms with Gasteiger partial charge in [0.2, 0.25) is 0 Å². The Morgan fingerprint density at radius 1 is 0.361 bits per heavy atom. The first-order chi connectivity index (χ1) is 35.4. The first-order valence-corrected chi connectivity index (χ1v) is 31.8. The Hall–Kier alpha value is -6.70. The van der Waals surface area contributed by atoms with Crippen LogP contribution >= 0.6 is 0 Å². The van der Waals surface area contributed by atoms with Gasteiger partial charge in [0.25, 0.3) is 0 Å². The summed E-state index contributed by atoms with van der Waals surface area (Å²) in [5, 5.41) is 8.51. The summed E-state index contributed by atoms with van der Waals surface area (Å²) in [5.41, 5.74) is 22.9. The molecule has 0 spiro atoms. The fourth-order valence-corrected chi connectivity index (χ4v) is 27.0. The molecule has 347 valence electrons. The van der Waals surface area contributed by atoms with Crippen LogP contribution in [-0.4, -0.2) is 9.52 Å². The molecule has 0 saturated carbocycles. The van der Waals surface area contributed by atoms with Crippen molar-refractivity contribution in [1.82, 2.24) is 0 Å². The third kappa shape index (κ3) is 7.73. The molecule has 10 aromatic carbocycles. The maximum atomic E-state index is 2.71. The Balaban J connectivity index is 1.04. The van der Waals surface area contributed by atoms with Gasteiger partial charge in [-0.2, -0.15) is 0 Å². The minimum atomic E-state index is -3.08. The van der Waals surface area contributed by atoms with Crippen LogP contribution in [0.1, 0.15) is 70.0 Å². The third-order valence-corrected chi connectivity index (χ3v) is 28.0. The average molecular weight is 1020 g/mol. The number of fused-ring (bicyclic) bond motifs is 7. The zero-order chi connectivity index (χ0) is 48.5. The summed E-state index contributed by atoms with van der Waals surface area (Å²) in [4.78, 5) is 0. The maximum absolute atomic E-state index is 3.08. The Morgan fingerprint density at radius 2 is 0.736 bits per heavy atom. The van der Waals surface area contributed by atoms with E-state index < -0.39 is 31.3 Å². The SMILES string of the molecule is CC(C)CC1=Cc2c(-c3ccccc3-c3cccc4ccccc34)cccc2[CH]1[Zr]([c]1cccc2c1[SiH2]c1ccccc1-2)[CH]1C(CC(C)C)=Cc2c(-c3ccccc3-c3cccc4ccccc34)cccc21. The zero-order valence-electron chi connectivity index (χ0n) is 41.8. The van der Waals surface area contributed by atoms with Crippen LogP contribution in [0, 0.1) is 11.8 Å². The molecule has 2 atom stereocenters. The van der Waals surface area contributed by atoms with E-state index >= 15 is 0 Å². The van der Waals surface area contributed by atoms with Crippen LogP contribution in [0.25, 0.3) is 89.3 Å². The molecular formula is C70H59SiZr. The third-order valence-electron chi connectivity index (χ3n) is 16.0. The Bertz CT molecular complexity index is 3620. The number of hydrogen-bond donors (Lipinski definition) is 0. The molecule has 0 amide bonds. The molecule has 10 aromatic rings. The van der Waals surface area contributed by atoms with Gasteiger partial charge in [0, 0.05) is 0 Å². The van der Waals surface area contributed by atoms with Crippen molar-refractivity contribution in [1.29, 1.82) is 0 Å². The van der Waals surface area contributed by atoms with E-state index in [1.165, 1.54) is 88.3 Å². The van der Waals surface area contributed by atoms with Crippen molar-refractivity contribution in [2.24, 2.45) is 11.8 Å². The molecule has 0 fully saturated rings. The molecule has 3 aliphatic rings. The van der Waals surface area contributed by atoms with E-state index in [0.717, 1.165) is 12.8 Å². The molecule has 2 unspecified atom stereocenters. The summed E-state index contributed by atoms with van der Waals surface area (Å²) >= 11 is -3.08. The quantitative estimate of drug-likeness (QED) is 0.113. The molecule has 0 aromatic heterocycles. The monoisotopic (exact) mass is 1020 g/mol. The fraction of sp³-hybridized carbons (Fsp3) is 0.143. The average Bonchev–Trinajstić information content (AvgIpc) is 4.09. The second-order valence-corrected chi connectivity index (χ2v) is 29.6. The Morgan fingerprint density at radius 3 is 1.25 bits per heavy atom. The van der Waals surface area contributed by atoms with Gasteiger partial charge in [-0.25, -0.2) is 0 Å². The summed E-state index contributed by atoms with van der Waals surface area (Å²) < 4.78 is 2.54. The van der Waals surface area contributed by atoms with Crippen molar-refractivity contribution >= 4 is 56.9 Å². The van der Waals surface area contributed by atoms with Gasteiger partial charge in [-0.05, 0) is 0 Å². The summed E-state index contributed by atoms with van der Waals surface area (Å²) in [5.74, 6) is 1.06. The zero-order valence-corrected chi connectivity index (χ0v) is 45.7. The predicted molar refractivity (Wildman–Crippen MR) is 309 cm³/mol. The number of rotatable bonds is 11. The van der Waals surface area contributed by atoms with Crippen molar-refractivity contribution in [3.63, 3.8) is 0 Å². The van der Waals surface area contributed by atoms with E-state index in [2.05, 4.69) is 252 Å². The standard InChI is InChI=1S/2C29H25.C12H9Si.Zr/c2*1-20(2)17-21-18-23-11-8-16-28(29(23)19-21)27-14-6-5-13-26(27)25-15-7-10-22-9-3-4-12-24(22)25;1-3-7-11-9(5-1)10-6-2-4-8-12(10)13-11;/h2*3-16,18-20H,17H2,1-2H3;1-7H,13H2;. The molecule has 0 nitrogen and oxygen atoms in total.